The highest BCUT2D eigenvalue weighted by atomic mass is 32.1. The van der Waals surface area contributed by atoms with Crippen LogP contribution in [-0.4, -0.2) is 62.6 Å². The Balaban J connectivity index is 1.64. The first-order valence-electron chi connectivity index (χ1n) is 9.38. The second kappa shape index (κ2) is 6.70. The summed E-state index contributed by atoms with van der Waals surface area (Å²) < 4.78 is 11.1. The van der Waals surface area contributed by atoms with Crippen LogP contribution in [0.25, 0.3) is 10.2 Å². The zero-order chi connectivity index (χ0) is 16.6. The Morgan fingerprint density at radius 2 is 1.48 bits per heavy atom. The van der Waals surface area contributed by atoms with Gasteiger partial charge < -0.3 is 19.3 Å². The summed E-state index contributed by atoms with van der Waals surface area (Å²) in [5, 5.41) is 1.32. The fourth-order valence-electron chi connectivity index (χ4n) is 4.04. The number of aromatic nitrogens is 2. The molecule has 2 aromatic rings. The van der Waals surface area contributed by atoms with Gasteiger partial charge in [0.15, 0.2) is 0 Å². The molecule has 2 saturated heterocycles. The maximum atomic E-state index is 5.56. The summed E-state index contributed by atoms with van der Waals surface area (Å²) in [6, 6.07) is 0. The molecule has 5 rings (SSSR count). The highest BCUT2D eigenvalue weighted by Crippen LogP contribution is 2.40. The van der Waals surface area contributed by atoms with Crippen LogP contribution >= 0.6 is 11.3 Å². The smallest absolute Gasteiger partial charge is 0.228 e. The van der Waals surface area contributed by atoms with Gasteiger partial charge in [0.05, 0.1) is 31.8 Å². The molecule has 3 aliphatic rings. The van der Waals surface area contributed by atoms with Crippen LogP contribution in [0.2, 0.25) is 0 Å². The molecule has 2 aromatic heterocycles. The van der Waals surface area contributed by atoms with E-state index in [2.05, 4.69) is 9.80 Å². The van der Waals surface area contributed by atoms with Gasteiger partial charge in [0.1, 0.15) is 10.6 Å². The second-order valence-corrected chi connectivity index (χ2v) is 8.02. The number of aryl methyl sites for hydroxylation is 2. The Kier molecular flexibility index (Phi) is 4.23. The molecule has 2 aliphatic heterocycles. The van der Waals surface area contributed by atoms with Crippen LogP contribution in [0.4, 0.5) is 11.8 Å². The number of morpholine rings is 2. The predicted octanol–water partition coefficient (Wildman–Crippen LogP) is 2.24. The first kappa shape index (κ1) is 15.8. The van der Waals surface area contributed by atoms with Crippen molar-refractivity contribution in [2.24, 2.45) is 0 Å². The Labute approximate surface area is 151 Å². The average Bonchev–Trinajstić information content (AvgIpc) is 3.07. The van der Waals surface area contributed by atoms with E-state index in [0.29, 0.717) is 0 Å². The molecule has 4 heterocycles. The van der Waals surface area contributed by atoms with E-state index in [1.54, 1.807) is 0 Å². The summed E-state index contributed by atoms with van der Waals surface area (Å²) >= 11 is 1.89. The number of ether oxygens (including phenoxy) is 2. The van der Waals surface area contributed by atoms with Crippen LogP contribution in [-0.2, 0) is 22.3 Å². The molecule has 0 aromatic carbocycles. The Morgan fingerprint density at radius 3 is 2.24 bits per heavy atom. The van der Waals surface area contributed by atoms with Crippen molar-refractivity contribution < 1.29 is 9.47 Å². The lowest BCUT2D eigenvalue weighted by molar-refractivity contribution is 0.121. The average molecular weight is 360 g/mol. The quantitative estimate of drug-likeness (QED) is 0.819. The molecule has 6 nitrogen and oxygen atoms in total. The minimum absolute atomic E-state index is 0.759. The van der Waals surface area contributed by atoms with Crippen LogP contribution < -0.4 is 9.80 Å². The third kappa shape index (κ3) is 2.88. The summed E-state index contributed by atoms with van der Waals surface area (Å²) in [6.45, 7) is 6.66. The summed E-state index contributed by atoms with van der Waals surface area (Å²) in [4.78, 5) is 17.4. The zero-order valence-electron chi connectivity index (χ0n) is 14.5. The molecule has 0 spiro atoms. The van der Waals surface area contributed by atoms with Crippen molar-refractivity contribution in [3.63, 3.8) is 0 Å². The summed E-state index contributed by atoms with van der Waals surface area (Å²) in [5.41, 5.74) is 1.52. The number of hydrogen-bond acceptors (Lipinski definition) is 7. The molecular formula is C18H24N4O2S. The van der Waals surface area contributed by atoms with Crippen LogP contribution in [0.3, 0.4) is 0 Å². The van der Waals surface area contributed by atoms with Crippen LogP contribution in [0, 0.1) is 0 Å². The van der Waals surface area contributed by atoms with Crippen LogP contribution in [0.5, 0.6) is 0 Å². The first-order chi connectivity index (χ1) is 12.4. The number of nitrogens with zero attached hydrogens (tertiary/aromatic N) is 4. The first-order valence-corrected chi connectivity index (χ1v) is 10.2. The van der Waals surface area contributed by atoms with Gasteiger partial charge >= 0.3 is 0 Å². The highest BCUT2D eigenvalue weighted by Gasteiger charge is 2.26. The van der Waals surface area contributed by atoms with Crippen molar-refractivity contribution in [3.8, 4) is 0 Å². The van der Waals surface area contributed by atoms with Gasteiger partial charge in [0.25, 0.3) is 0 Å². The molecule has 0 N–H and O–H groups in total. The molecular weight excluding hydrogens is 336 g/mol. The SMILES string of the molecule is C1CCc2c(sc3nc(N4CCOCC4)nc(N4CCOCC4)c23)C1. The van der Waals surface area contributed by atoms with Crippen molar-refractivity contribution in [2.75, 3.05) is 62.4 Å². The fraction of sp³-hybridized carbons (Fsp3) is 0.667. The van der Waals surface area contributed by atoms with E-state index in [-0.39, 0.29) is 0 Å². The molecule has 1 aliphatic carbocycles. The van der Waals surface area contributed by atoms with Gasteiger partial charge in [-0.3, -0.25) is 0 Å². The Bertz CT molecular complexity index is 766. The lowest BCUT2D eigenvalue weighted by atomic mass is 9.97. The van der Waals surface area contributed by atoms with Gasteiger partial charge in [0.2, 0.25) is 5.95 Å². The molecule has 134 valence electrons. The molecule has 0 atom stereocenters. The van der Waals surface area contributed by atoms with Crippen LogP contribution in [0.1, 0.15) is 23.3 Å². The summed E-state index contributed by atoms with van der Waals surface area (Å²) in [6.07, 6.45) is 4.96. The van der Waals surface area contributed by atoms with E-state index in [1.165, 1.54) is 46.3 Å². The summed E-state index contributed by atoms with van der Waals surface area (Å²) in [7, 11) is 0. The van der Waals surface area contributed by atoms with E-state index in [4.69, 9.17) is 19.4 Å². The number of rotatable bonds is 2. The van der Waals surface area contributed by atoms with Gasteiger partial charge in [-0.15, -0.1) is 11.3 Å². The number of fused-ring (bicyclic) bond motifs is 3. The zero-order valence-corrected chi connectivity index (χ0v) is 15.3. The molecule has 0 unspecified atom stereocenters. The molecule has 25 heavy (non-hydrogen) atoms. The van der Waals surface area contributed by atoms with E-state index in [1.807, 2.05) is 11.3 Å². The van der Waals surface area contributed by atoms with E-state index in [0.717, 1.165) is 64.4 Å². The largest absolute Gasteiger partial charge is 0.378 e. The topological polar surface area (TPSA) is 50.7 Å². The van der Waals surface area contributed by atoms with Gasteiger partial charge in [-0.1, -0.05) is 0 Å². The van der Waals surface area contributed by atoms with E-state index < -0.39 is 0 Å². The minimum atomic E-state index is 0.759. The third-order valence-corrected chi connectivity index (χ3v) is 6.57. The normalized spacial score (nSPS) is 21.6. The minimum Gasteiger partial charge on any atom is -0.378 e. The van der Waals surface area contributed by atoms with Crippen molar-refractivity contribution >= 4 is 33.3 Å². The summed E-state index contributed by atoms with van der Waals surface area (Å²) in [5.74, 6) is 2.00. The highest BCUT2D eigenvalue weighted by molar-refractivity contribution is 7.19. The molecule has 0 amide bonds. The number of thiophene rings is 1. The van der Waals surface area contributed by atoms with Gasteiger partial charge in [0, 0.05) is 31.1 Å². The fourth-order valence-corrected chi connectivity index (χ4v) is 5.29. The standard InChI is InChI=1S/C18H24N4O2S/c1-2-4-14-13(3-1)15-16(21-5-9-23-10-6-21)19-18(20-17(15)25-14)22-7-11-24-12-8-22/h1-12H2. The molecule has 0 saturated carbocycles. The van der Waals surface area contributed by atoms with Crippen molar-refractivity contribution in [3.05, 3.63) is 10.4 Å². The number of hydrogen-bond donors (Lipinski definition) is 0. The van der Waals surface area contributed by atoms with Gasteiger partial charge in [-0.2, -0.15) is 4.98 Å². The monoisotopic (exact) mass is 360 g/mol. The van der Waals surface area contributed by atoms with Gasteiger partial charge in [-0.05, 0) is 31.2 Å². The third-order valence-electron chi connectivity index (χ3n) is 5.39. The molecule has 2 fully saturated rings. The van der Waals surface area contributed by atoms with Crippen molar-refractivity contribution in [2.45, 2.75) is 25.7 Å². The molecule has 0 radical (unpaired) electrons. The lowest BCUT2D eigenvalue weighted by Gasteiger charge is -2.31. The second-order valence-electron chi connectivity index (χ2n) is 6.94. The number of anilines is 2. The molecule has 0 bridgehead atoms. The lowest BCUT2D eigenvalue weighted by Crippen LogP contribution is -2.39. The maximum absolute atomic E-state index is 5.56. The Hall–Kier alpha value is -1.44. The Morgan fingerprint density at radius 1 is 0.800 bits per heavy atom. The van der Waals surface area contributed by atoms with Crippen molar-refractivity contribution in [1.82, 2.24) is 9.97 Å². The van der Waals surface area contributed by atoms with E-state index in [9.17, 15) is 0 Å². The predicted molar refractivity (Wildman–Crippen MR) is 100 cm³/mol. The van der Waals surface area contributed by atoms with E-state index >= 15 is 0 Å². The van der Waals surface area contributed by atoms with Crippen LogP contribution in [0.15, 0.2) is 0 Å². The maximum Gasteiger partial charge on any atom is 0.228 e. The molecule has 7 heteroatoms. The van der Waals surface area contributed by atoms with Gasteiger partial charge in [-0.25, -0.2) is 4.98 Å². The van der Waals surface area contributed by atoms with Crippen molar-refractivity contribution in [1.29, 1.82) is 0 Å².